The zero-order chi connectivity index (χ0) is 9.26. The molecule has 1 saturated carbocycles. The second-order valence-electron chi connectivity index (χ2n) is 3.37. The van der Waals surface area contributed by atoms with Gasteiger partial charge in [-0.2, -0.15) is 0 Å². The van der Waals surface area contributed by atoms with Crippen LogP contribution in [0, 0.1) is 0 Å². The lowest BCUT2D eigenvalue weighted by Gasteiger charge is -2.26. The molecule has 0 spiro atoms. The maximum absolute atomic E-state index is 10.8. The molecular formula is C10H10ClNO. The van der Waals surface area contributed by atoms with E-state index in [4.69, 9.17) is 11.6 Å². The molecule has 0 unspecified atom stereocenters. The highest BCUT2D eigenvalue weighted by atomic mass is 35.5. The SMILES string of the molecule is O=Cc1c(Cl)cncc1C1CCC1. The Morgan fingerprint density at radius 1 is 1.46 bits per heavy atom. The summed E-state index contributed by atoms with van der Waals surface area (Å²) in [6.07, 6.45) is 7.67. The summed E-state index contributed by atoms with van der Waals surface area (Å²) in [6, 6.07) is 0. The van der Waals surface area contributed by atoms with Crippen molar-refractivity contribution in [3.63, 3.8) is 0 Å². The summed E-state index contributed by atoms with van der Waals surface area (Å²) in [7, 11) is 0. The van der Waals surface area contributed by atoms with E-state index in [0.29, 0.717) is 16.5 Å². The fraction of sp³-hybridized carbons (Fsp3) is 0.400. The molecule has 0 saturated heterocycles. The van der Waals surface area contributed by atoms with Crippen LogP contribution in [0.1, 0.15) is 41.1 Å². The molecule has 2 nitrogen and oxygen atoms in total. The molecular weight excluding hydrogens is 186 g/mol. The number of pyridine rings is 1. The van der Waals surface area contributed by atoms with Crippen molar-refractivity contribution in [2.24, 2.45) is 0 Å². The standard InChI is InChI=1S/C10H10ClNO/c11-10-5-12-4-8(9(10)6-13)7-2-1-3-7/h4-7H,1-3H2. The number of rotatable bonds is 2. The first-order chi connectivity index (χ1) is 6.33. The number of hydrogen-bond acceptors (Lipinski definition) is 2. The zero-order valence-corrected chi connectivity index (χ0v) is 7.92. The summed E-state index contributed by atoms with van der Waals surface area (Å²) < 4.78 is 0. The van der Waals surface area contributed by atoms with Crippen molar-refractivity contribution in [2.75, 3.05) is 0 Å². The molecule has 1 aliphatic rings. The van der Waals surface area contributed by atoms with Gasteiger partial charge in [0.15, 0.2) is 6.29 Å². The van der Waals surface area contributed by atoms with Crippen molar-refractivity contribution < 1.29 is 4.79 Å². The zero-order valence-electron chi connectivity index (χ0n) is 7.16. The fourth-order valence-electron chi connectivity index (χ4n) is 1.63. The average Bonchev–Trinajstić information content (AvgIpc) is 2.01. The maximum atomic E-state index is 10.8. The molecule has 13 heavy (non-hydrogen) atoms. The predicted molar refractivity (Wildman–Crippen MR) is 51.2 cm³/mol. The molecule has 1 heterocycles. The van der Waals surface area contributed by atoms with Gasteiger partial charge in [0.05, 0.1) is 5.02 Å². The Kier molecular flexibility index (Phi) is 2.32. The molecule has 0 bridgehead atoms. The topological polar surface area (TPSA) is 30.0 Å². The molecule has 1 aromatic rings. The van der Waals surface area contributed by atoms with Gasteiger partial charge in [-0.15, -0.1) is 0 Å². The van der Waals surface area contributed by atoms with Gasteiger partial charge < -0.3 is 0 Å². The highest BCUT2D eigenvalue weighted by molar-refractivity contribution is 6.32. The summed E-state index contributed by atoms with van der Waals surface area (Å²) in [6.45, 7) is 0. The second kappa shape index (κ2) is 3.46. The number of nitrogens with zero attached hydrogens (tertiary/aromatic N) is 1. The Bertz CT molecular complexity index is 334. The highest BCUT2D eigenvalue weighted by Gasteiger charge is 2.23. The Hall–Kier alpha value is -0.890. The van der Waals surface area contributed by atoms with Crippen molar-refractivity contribution in [1.82, 2.24) is 4.98 Å². The number of aromatic nitrogens is 1. The van der Waals surface area contributed by atoms with Gasteiger partial charge in [-0.1, -0.05) is 18.0 Å². The van der Waals surface area contributed by atoms with E-state index in [9.17, 15) is 4.79 Å². The maximum Gasteiger partial charge on any atom is 0.151 e. The lowest BCUT2D eigenvalue weighted by molar-refractivity contribution is 0.112. The predicted octanol–water partition coefficient (Wildman–Crippen LogP) is 2.82. The Balaban J connectivity index is 2.42. The van der Waals surface area contributed by atoms with E-state index in [1.54, 1.807) is 6.20 Å². The summed E-state index contributed by atoms with van der Waals surface area (Å²) in [4.78, 5) is 14.8. The Morgan fingerprint density at radius 2 is 2.23 bits per heavy atom. The lowest BCUT2D eigenvalue weighted by atomic mass is 9.79. The summed E-state index contributed by atoms with van der Waals surface area (Å²) in [5, 5.41) is 0.472. The van der Waals surface area contributed by atoms with Crippen molar-refractivity contribution in [1.29, 1.82) is 0 Å². The quantitative estimate of drug-likeness (QED) is 0.680. The fourth-order valence-corrected chi connectivity index (χ4v) is 1.84. The van der Waals surface area contributed by atoms with Crippen LogP contribution in [0.25, 0.3) is 0 Å². The van der Waals surface area contributed by atoms with Crippen LogP contribution in [-0.4, -0.2) is 11.3 Å². The van der Waals surface area contributed by atoms with Gasteiger partial charge in [-0.05, 0) is 24.3 Å². The van der Waals surface area contributed by atoms with Gasteiger partial charge >= 0.3 is 0 Å². The van der Waals surface area contributed by atoms with Crippen LogP contribution < -0.4 is 0 Å². The molecule has 2 rings (SSSR count). The Morgan fingerprint density at radius 3 is 2.77 bits per heavy atom. The molecule has 68 valence electrons. The number of halogens is 1. The van der Waals surface area contributed by atoms with Crippen LogP contribution in [-0.2, 0) is 0 Å². The van der Waals surface area contributed by atoms with Crippen LogP contribution in [0.4, 0.5) is 0 Å². The minimum absolute atomic E-state index is 0.472. The molecule has 0 N–H and O–H groups in total. The summed E-state index contributed by atoms with van der Waals surface area (Å²) in [5.74, 6) is 0.506. The van der Waals surface area contributed by atoms with Crippen LogP contribution in [0.15, 0.2) is 12.4 Å². The molecule has 0 aliphatic heterocycles. The van der Waals surface area contributed by atoms with Crippen LogP contribution in [0.3, 0.4) is 0 Å². The summed E-state index contributed by atoms with van der Waals surface area (Å²) in [5.41, 5.74) is 1.65. The van der Waals surface area contributed by atoms with E-state index in [0.717, 1.165) is 24.7 Å². The number of carbonyl (C=O) groups is 1. The first-order valence-corrected chi connectivity index (χ1v) is 4.79. The number of hydrogen-bond donors (Lipinski definition) is 0. The van der Waals surface area contributed by atoms with Crippen molar-refractivity contribution in [3.05, 3.63) is 28.5 Å². The first kappa shape index (κ1) is 8.70. The Labute approximate surface area is 81.9 Å². The van der Waals surface area contributed by atoms with Crippen LogP contribution in [0.5, 0.6) is 0 Å². The normalized spacial score (nSPS) is 16.7. The third-order valence-corrected chi connectivity index (χ3v) is 2.93. The second-order valence-corrected chi connectivity index (χ2v) is 3.78. The van der Waals surface area contributed by atoms with E-state index in [2.05, 4.69) is 4.98 Å². The van der Waals surface area contributed by atoms with Crippen molar-refractivity contribution in [3.8, 4) is 0 Å². The number of carbonyl (C=O) groups excluding carboxylic acids is 1. The van der Waals surface area contributed by atoms with Crippen LogP contribution >= 0.6 is 11.6 Å². The lowest BCUT2D eigenvalue weighted by Crippen LogP contribution is -2.11. The summed E-state index contributed by atoms with van der Waals surface area (Å²) >= 11 is 5.86. The monoisotopic (exact) mass is 195 g/mol. The molecule has 0 aromatic carbocycles. The third-order valence-electron chi connectivity index (χ3n) is 2.63. The van der Waals surface area contributed by atoms with E-state index >= 15 is 0 Å². The van der Waals surface area contributed by atoms with E-state index in [1.165, 1.54) is 12.6 Å². The van der Waals surface area contributed by atoms with Gasteiger partial charge in [-0.3, -0.25) is 9.78 Å². The largest absolute Gasteiger partial charge is 0.298 e. The van der Waals surface area contributed by atoms with Crippen molar-refractivity contribution >= 4 is 17.9 Å². The first-order valence-electron chi connectivity index (χ1n) is 4.41. The molecule has 0 amide bonds. The smallest absolute Gasteiger partial charge is 0.151 e. The molecule has 3 heteroatoms. The van der Waals surface area contributed by atoms with Crippen molar-refractivity contribution in [2.45, 2.75) is 25.2 Å². The van der Waals surface area contributed by atoms with Crippen LogP contribution in [0.2, 0.25) is 5.02 Å². The number of aldehydes is 1. The minimum Gasteiger partial charge on any atom is -0.298 e. The third kappa shape index (κ3) is 1.46. The molecule has 1 fully saturated rings. The van der Waals surface area contributed by atoms with Gasteiger partial charge in [0.1, 0.15) is 0 Å². The van der Waals surface area contributed by atoms with Gasteiger partial charge in [0.2, 0.25) is 0 Å². The molecule has 1 aromatic heterocycles. The van der Waals surface area contributed by atoms with E-state index < -0.39 is 0 Å². The van der Waals surface area contributed by atoms with Gasteiger partial charge in [-0.25, -0.2) is 0 Å². The van der Waals surface area contributed by atoms with E-state index in [1.807, 2.05) is 0 Å². The molecule has 1 aliphatic carbocycles. The minimum atomic E-state index is 0.472. The highest BCUT2D eigenvalue weighted by Crippen LogP contribution is 2.38. The average molecular weight is 196 g/mol. The van der Waals surface area contributed by atoms with Gasteiger partial charge in [0.25, 0.3) is 0 Å². The molecule has 0 atom stereocenters. The van der Waals surface area contributed by atoms with E-state index in [-0.39, 0.29) is 0 Å². The van der Waals surface area contributed by atoms with Gasteiger partial charge in [0, 0.05) is 18.0 Å². The molecule has 0 radical (unpaired) electrons.